The predicted molar refractivity (Wildman–Crippen MR) is 105 cm³/mol. The molecule has 1 amide bonds. The Labute approximate surface area is 162 Å². The molecule has 0 atom stereocenters. The minimum atomic E-state index is -0.449. The van der Waals surface area contributed by atoms with Crippen molar-refractivity contribution in [2.75, 3.05) is 24.3 Å². The average Bonchev–Trinajstić information content (AvgIpc) is 2.63. The maximum absolute atomic E-state index is 11.9. The van der Waals surface area contributed by atoms with Crippen LogP contribution in [-0.4, -0.2) is 30.8 Å². The number of thioether (sulfide) groups is 1. The SMILES string of the molecule is CCOc1ccccc1NC(=O)COC(=O)CSCc1ccccc1Cl. The lowest BCUT2D eigenvalue weighted by molar-refractivity contribution is -0.144. The molecule has 0 fully saturated rings. The third-order valence-electron chi connectivity index (χ3n) is 3.26. The number of carbonyl (C=O) groups excluding carboxylic acids is 2. The first kappa shape index (κ1) is 20.1. The number of hydrogen-bond donors (Lipinski definition) is 1. The van der Waals surface area contributed by atoms with Crippen LogP contribution in [0.15, 0.2) is 48.5 Å². The minimum absolute atomic E-state index is 0.147. The topological polar surface area (TPSA) is 64.6 Å². The number of ether oxygens (including phenoxy) is 2. The van der Waals surface area contributed by atoms with Crippen LogP contribution in [0.25, 0.3) is 0 Å². The van der Waals surface area contributed by atoms with Crippen LogP contribution in [0.5, 0.6) is 5.75 Å². The second kappa shape index (κ2) is 10.7. The number of rotatable bonds is 9. The van der Waals surface area contributed by atoms with Crippen LogP contribution in [-0.2, 0) is 20.1 Å². The average molecular weight is 394 g/mol. The lowest BCUT2D eigenvalue weighted by Gasteiger charge is -2.11. The highest BCUT2D eigenvalue weighted by Gasteiger charge is 2.11. The van der Waals surface area contributed by atoms with E-state index in [4.69, 9.17) is 21.1 Å². The number of benzene rings is 2. The number of nitrogens with one attached hydrogen (secondary N) is 1. The number of amides is 1. The van der Waals surface area contributed by atoms with Crippen molar-refractivity contribution in [3.8, 4) is 5.75 Å². The lowest BCUT2D eigenvalue weighted by Crippen LogP contribution is -2.22. The normalized spacial score (nSPS) is 10.2. The molecule has 2 rings (SSSR count). The summed E-state index contributed by atoms with van der Waals surface area (Å²) in [7, 11) is 0. The van der Waals surface area contributed by atoms with Crippen molar-refractivity contribution in [3.63, 3.8) is 0 Å². The molecule has 26 heavy (non-hydrogen) atoms. The maximum Gasteiger partial charge on any atom is 0.316 e. The van der Waals surface area contributed by atoms with E-state index in [1.807, 2.05) is 31.2 Å². The summed E-state index contributed by atoms with van der Waals surface area (Å²) in [6.45, 7) is 2.01. The van der Waals surface area contributed by atoms with Gasteiger partial charge in [0.1, 0.15) is 5.75 Å². The summed E-state index contributed by atoms with van der Waals surface area (Å²) in [5.74, 6) is 0.457. The van der Waals surface area contributed by atoms with E-state index in [9.17, 15) is 9.59 Å². The molecular formula is C19H20ClNO4S. The van der Waals surface area contributed by atoms with Crippen LogP contribution >= 0.6 is 23.4 Å². The Morgan fingerprint density at radius 2 is 1.85 bits per heavy atom. The molecule has 0 radical (unpaired) electrons. The van der Waals surface area contributed by atoms with Crippen LogP contribution < -0.4 is 10.1 Å². The van der Waals surface area contributed by atoms with Crippen molar-refractivity contribution in [2.24, 2.45) is 0 Å². The Kier molecular flexibility index (Phi) is 8.31. The number of anilines is 1. The third kappa shape index (κ3) is 6.61. The van der Waals surface area contributed by atoms with Crippen LogP contribution in [0, 0.1) is 0 Å². The number of hydrogen-bond acceptors (Lipinski definition) is 5. The fourth-order valence-corrected chi connectivity index (χ4v) is 3.19. The zero-order chi connectivity index (χ0) is 18.8. The van der Waals surface area contributed by atoms with Gasteiger partial charge in [-0.25, -0.2) is 0 Å². The molecule has 0 aliphatic rings. The predicted octanol–water partition coefficient (Wildman–Crippen LogP) is 4.15. The summed E-state index contributed by atoms with van der Waals surface area (Å²) < 4.78 is 10.4. The van der Waals surface area contributed by atoms with Gasteiger partial charge in [-0.05, 0) is 30.7 Å². The lowest BCUT2D eigenvalue weighted by atomic mass is 10.2. The molecule has 2 aromatic carbocycles. The van der Waals surface area contributed by atoms with Crippen molar-refractivity contribution in [3.05, 3.63) is 59.1 Å². The molecule has 0 bridgehead atoms. The summed E-state index contributed by atoms with van der Waals surface area (Å²) in [6.07, 6.45) is 0. The van der Waals surface area contributed by atoms with Gasteiger partial charge in [0.25, 0.3) is 5.91 Å². The first-order chi connectivity index (χ1) is 12.6. The van der Waals surface area contributed by atoms with E-state index in [1.54, 1.807) is 24.3 Å². The monoisotopic (exact) mass is 393 g/mol. The van der Waals surface area contributed by atoms with Gasteiger partial charge in [0.2, 0.25) is 0 Å². The molecule has 5 nitrogen and oxygen atoms in total. The molecule has 0 spiro atoms. The molecule has 1 N–H and O–H groups in total. The van der Waals surface area contributed by atoms with Gasteiger partial charge < -0.3 is 14.8 Å². The fraction of sp³-hybridized carbons (Fsp3) is 0.263. The van der Waals surface area contributed by atoms with Crippen molar-refractivity contribution in [2.45, 2.75) is 12.7 Å². The Balaban J connectivity index is 1.72. The van der Waals surface area contributed by atoms with Crippen LogP contribution in [0.1, 0.15) is 12.5 Å². The van der Waals surface area contributed by atoms with E-state index in [-0.39, 0.29) is 12.4 Å². The van der Waals surface area contributed by atoms with Gasteiger partial charge in [0.15, 0.2) is 6.61 Å². The summed E-state index contributed by atoms with van der Waals surface area (Å²) in [6, 6.07) is 14.6. The summed E-state index contributed by atoms with van der Waals surface area (Å²) in [5.41, 5.74) is 1.50. The number of para-hydroxylation sites is 2. The maximum atomic E-state index is 11.9. The summed E-state index contributed by atoms with van der Waals surface area (Å²) >= 11 is 7.44. The molecular weight excluding hydrogens is 374 g/mol. The smallest absolute Gasteiger partial charge is 0.316 e. The number of halogens is 1. The second-order valence-corrected chi connectivity index (χ2v) is 6.62. The molecule has 138 valence electrons. The van der Waals surface area contributed by atoms with Crippen LogP contribution in [0.4, 0.5) is 5.69 Å². The first-order valence-corrected chi connectivity index (χ1v) is 9.62. The largest absolute Gasteiger partial charge is 0.492 e. The van der Waals surface area contributed by atoms with Gasteiger partial charge >= 0.3 is 5.97 Å². The number of carbonyl (C=O) groups is 2. The fourth-order valence-electron chi connectivity index (χ4n) is 2.09. The van der Waals surface area contributed by atoms with Gasteiger partial charge in [0.05, 0.1) is 18.0 Å². The highest BCUT2D eigenvalue weighted by Crippen LogP contribution is 2.23. The van der Waals surface area contributed by atoms with Crippen molar-refractivity contribution >= 4 is 40.9 Å². The van der Waals surface area contributed by atoms with Crippen LogP contribution in [0.2, 0.25) is 5.02 Å². The molecule has 0 aliphatic heterocycles. The van der Waals surface area contributed by atoms with E-state index < -0.39 is 11.9 Å². The van der Waals surface area contributed by atoms with Gasteiger partial charge in [-0.1, -0.05) is 41.9 Å². The zero-order valence-electron chi connectivity index (χ0n) is 14.4. The second-order valence-electron chi connectivity index (χ2n) is 5.22. The molecule has 0 aromatic heterocycles. The zero-order valence-corrected chi connectivity index (χ0v) is 15.9. The van der Waals surface area contributed by atoms with Crippen LogP contribution in [0.3, 0.4) is 0 Å². The summed E-state index contributed by atoms with van der Waals surface area (Å²) in [4.78, 5) is 23.7. The van der Waals surface area contributed by atoms with Gasteiger partial charge in [0, 0.05) is 10.8 Å². The molecule has 2 aromatic rings. The van der Waals surface area contributed by atoms with Gasteiger partial charge in [-0.3, -0.25) is 9.59 Å². The third-order valence-corrected chi connectivity index (χ3v) is 4.58. The van der Waals surface area contributed by atoms with E-state index in [2.05, 4.69) is 5.32 Å². The van der Waals surface area contributed by atoms with Crippen molar-refractivity contribution in [1.82, 2.24) is 0 Å². The quantitative estimate of drug-likeness (QED) is 0.648. The van der Waals surface area contributed by atoms with Crippen molar-refractivity contribution in [1.29, 1.82) is 0 Å². The molecule has 0 heterocycles. The Hall–Kier alpha value is -2.18. The van der Waals surface area contributed by atoms with E-state index >= 15 is 0 Å². The molecule has 7 heteroatoms. The molecule has 0 saturated carbocycles. The Morgan fingerprint density at radius 1 is 1.12 bits per heavy atom. The summed E-state index contributed by atoms with van der Waals surface area (Å²) in [5, 5.41) is 3.34. The highest BCUT2D eigenvalue weighted by molar-refractivity contribution is 7.99. The van der Waals surface area contributed by atoms with E-state index in [1.165, 1.54) is 11.8 Å². The van der Waals surface area contributed by atoms with Gasteiger partial charge in [-0.15, -0.1) is 11.8 Å². The van der Waals surface area contributed by atoms with E-state index in [0.29, 0.717) is 28.8 Å². The number of esters is 1. The Morgan fingerprint density at radius 3 is 2.62 bits per heavy atom. The molecule has 0 saturated heterocycles. The first-order valence-electron chi connectivity index (χ1n) is 8.08. The molecule has 0 unspecified atom stereocenters. The van der Waals surface area contributed by atoms with Crippen molar-refractivity contribution < 1.29 is 19.1 Å². The minimum Gasteiger partial charge on any atom is -0.492 e. The standard InChI is InChI=1S/C19H20ClNO4S/c1-2-24-17-10-6-5-9-16(17)21-18(22)11-25-19(23)13-26-12-14-7-3-4-8-15(14)20/h3-10H,2,11-13H2,1H3,(H,21,22). The Bertz CT molecular complexity index is 754. The molecule has 0 aliphatic carbocycles. The highest BCUT2D eigenvalue weighted by atomic mass is 35.5. The van der Waals surface area contributed by atoms with E-state index in [0.717, 1.165) is 5.56 Å². The van der Waals surface area contributed by atoms with Gasteiger partial charge in [-0.2, -0.15) is 0 Å².